The first-order valence-electron chi connectivity index (χ1n) is 8.73. The Hall–Kier alpha value is -2.89. The van der Waals surface area contributed by atoms with Gasteiger partial charge in [0.25, 0.3) is 0 Å². The van der Waals surface area contributed by atoms with Crippen molar-refractivity contribution in [3.05, 3.63) is 98.2 Å². The number of hydrogen-bond acceptors (Lipinski definition) is 4. The molecule has 0 spiro atoms. The number of allylic oxidation sites excluding steroid dienone is 1. The first-order chi connectivity index (χ1) is 13.9. The number of ketones is 1. The van der Waals surface area contributed by atoms with Crippen LogP contribution in [0.3, 0.4) is 0 Å². The summed E-state index contributed by atoms with van der Waals surface area (Å²) in [5, 5.41) is 0.446. The Morgan fingerprint density at radius 2 is 1.86 bits per heavy atom. The Morgan fingerprint density at radius 3 is 2.59 bits per heavy atom. The van der Waals surface area contributed by atoms with Gasteiger partial charge in [0.2, 0.25) is 5.78 Å². The molecule has 0 atom stereocenters. The van der Waals surface area contributed by atoms with E-state index in [9.17, 15) is 9.59 Å². The molecule has 1 aliphatic heterocycles. The fourth-order valence-electron chi connectivity index (χ4n) is 3.03. The van der Waals surface area contributed by atoms with Gasteiger partial charge in [0.05, 0.1) is 11.1 Å². The van der Waals surface area contributed by atoms with Crippen molar-refractivity contribution in [2.75, 3.05) is 0 Å². The van der Waals surface area contributed by atoms with E-state index in [1.54, 1.807) is 43.3 Å². The van der Waals surface area contributed by atoms with Crippen LogP contribution in [0.25, 0.3) is 6.08 Å². The highest BCUT2D eigenvalue weighted by molar-refractivity contribution is 9.10. The first kappa shape index (κ1) is 19.4. The Labute approximate surface area is 180 Å². The lowest BCUT2D eigenvalue weighted by atomic mass is 10.0. The van der Waals surface area contributed by atoms with Crippen LogP contribution in [0.5, 0.6) is 11.5 Å². The molecule has 0 amide bonds. The molecule has 144 valence electrons. The molecule has 3 aromatic rings. The minimum Gasteiger partial charge on any atom is -0.452 e. The third kappa shape index (κ3) is 4.11. The molecule has 0 radical (unpaired) electrons. The normalized spacial score (nSPS) is 13.9. The van der Waals surface area contributed by atoms with Crippen LogP contribution in [0.15, 0.2) is 70.9 Å². The molecule has 0 saturated heterocycles. The summed E-state index contributed by atoms with van der Waals surface area (Å²) in [6, 6.07) is 17.2. The molecule has 6 heteroatoms. The van der Waals surface area contributed by atoms with E-state index in [-0.39, 0.29) is 11.5 Å². The predicted octanol–water partition coefficient (Wildman–Crippen LogP) is 6.25. The van der Waals surface area contributed by atoms with Crippen molar-refractivity contribution in [3.63, 3.8) is 0 Å². The maximum absolute atomic E-state index is 12.8. The highest BCUT2D eigenvalue weighted by Gasteiger charge is 2.30. The molecule has 1 heterocycles. The Bertz CT molecular complexity index is 1170. The van der Waals surface area contributed by atoms with Crippen LogP contribution in [0, 0.1) is 6.92 Å². The lowest BCUT2D eigenvalue weighted by Gasteiger charge is -2.08. The number of Topliss-reactive ketones (excluding diaryl/α,β-unsaturated/α-hetero) is 1. The van der Waals surface area contributed by atoms with Crippen LogP contribution < -0.4 is 9.47 Å². The van der Waals surface area contributed by atoms with Crippen LogP contribution in [0.1, 0.15) is 31.8 Å². The Balaban J connectivity index is 1.60. The van der Waals surface area contributed by atoms with Gasteiger partial charge in [-0.2, -0.15) is 0 Å². The third-order valence-corrected chi connectivity index (χ3v) is 5.15. The van der Waals surface area contributed by atoms with Gasteiger partial charge in [-0.15, -0.1) is 0 Å². The number of esters is 1. The number of rotatable bonds is 3. The van der Waals surface area contributed by atoms with Crippen molar-refractivity contribution in [2.24, 2.45) is 0 Å². The van der Waals surface area contributed by atoms with Crippen LogP contribution in [0.4, 0.5) is 0 Å². The van der Waals surface area contributed by atoms with E-state index >= 15 is 0 Å². The highest BCUT2D eigenvalue weighted by Crippen LogP contribution is 2.37. The number of fused-ring (bicyclic) bond motifs is 1. The number of benzene rings is 3. The quantitative estimate of drug-likeness (QED) is 0.259. The molecule has 29 heavy (non-hydrogen) atoms. The van der Waals surface area contributed by atoms with Crippen molar-refractivity contribution in [3.8, 4) is 11.5 Å². The van der Waals surface area contributed by atoms with Crippen LogP contribution in [0.2, 0.25) is 5.02 Å². The average molecular weight is 470 g/mol. The third-order valence-electron chi connectivity index (χ3n) is 4.38. The zero-order valence-electron chi connectivity index (χ0n) is 15.2. The number of ether oxygens (including phenoxy) is 2. The molecule has 0 bridgehead atoms. The summed E-state index contributed by atoms with van der Waals surface area (Å²) in [6.07, 6.45) is 1.69. The summed E-state index contributed by atoms with van der Waals surface area (Å²) in [5.41, 5.74) is 2.31. The fraction of sp³-hybridized carbons (Fsp3) is 0.0435. The Kier molecular flexibility index (Phi) is 5.26. The van der Waals surface area contributed by atoms with Gasteiger partial charge in [0.15, 0.2) is 5.76 Å². The molecule has 4 nitrogen and oxygen atoms in total. The number of carbonyl (C=O) groups is 2. The van der Waals surface area contributed by atoms with Gasteiger partial charge < -0.3 is 9.47 Å². The molecule has 3 aromatic carbocycles. The summed E-state index contributed by atoms with van der Waals surface area (Å²) in [7, 11) is 0. The molecule has 0 unspecified atom stereocenters. The van der Waals surface area contributed by atoms with Crippen molar-refractivity contribution in [1.82, 2.24) is 0 Å². The van der Waals surface area contributed by atoms with E-state index in [1.165, 1.54) is 6.07 Å². The molecule has 1 aliphatic rings. The van der Waals surface area contributed by atoms with Gasteiger partial charge in [-0.05, 0) is 60.5 Å². The molecular weight excluding hydrogens is 456 g/mol. The van der Waals surface area contributed by atoms with Crippen molar-refractivity contribution >= 4 is 45.4 Å². The average Bonchev–Trinajstić information content (AvgIpc) is 2.99. The van der Waals surface area contributed by atoms with E-state index in [0.717, 1.165) is 10.0 Å². The van der Waals surface area contributed by atoms with Gasteiger partial charge in [-0.1, -0.05) is 45.7 Å². The van der Waals surface area contributed by atoms with Crippen LogP contribution in [-0.4, -0.2) is 11.8 Å². The Morgan fingerprint density at radius 1 is 1.10 bits per heavy atom. The fourth-order valence-corrected chi connectivity index (χ4v) is 3.48. The van der Waals surface area contributed by atoms with Crippen LogP contribution in [-0.2, 0) is 0 Å². The van der Waals surface area contributed by atoms with Gasteiger partial charge in [0, 0.05) is 15.6 Å². The summed E-state index contributed by atoms with van der Waals surface area (Å²) < 4.78 is 12.2. The number of hydrogen-bond donors (Lipinski definition) is 0. The molecule has 0 N–H and O–H groups in total. The van der Waals surface area contributed by atoms with Gasteiger partial charge >= 0.3 is 5.97 Å². The zero-order chi connectivity index (χ0) is 20.5. The summed E-state index contributed by atoms with van der Waals surface area (Å²) in [5.74, 6) is 0.148. The van der Waals surface area contributed by atoms with Crippen molar-refractivity contribution in [2.45, 2.75) is 6.92 Å². The highest BCUT2D eigenvalue weighted by atomic mass is 79.9. The van der Waals surface area contributed by atoms with E-state index in [4.69, 9.17) is 21.1 Å². The number of carbonyl (C=O) groups excluding carboxylic acids is 2. The van der Waals surface area contributed by atoms with Crippen molar-refractivity contribution in [1.29, 1.82) is 0 Å². The van der Waals surface area contributed by atoms with Crippen molar-refractivity contribution < 1.29 is 19.1 Å². The maximum Gasteiger partial charge on any atom is 0.343 e. The SMILES string of the molecule is Cc1cc(OC(=O)c2cccc(Cl)c2)cc2c1C(=O)/C(=C/c1ccc(Br)cc1)O2. The van der Waals surface area contributed by atoms with Gasteiger partial charge in [0.1, 0.15) is 11.5 Å². The minimum absolute atomic E-state index is 0.201. The van der Waals surface area contributed by atoms with Gasteiger partial charge in [-0.25, -0.2) is 4.79 Å². The number of halogens is 2. The first-order valence-corrected chi connectivity index (χ1v) is 9.90. The van der Waals surface area contributed by atoms with Gasteiger partial charge in [-0.3, -0.25) is 4.79 Å². The molecule has 0 aliphatic carbocycles. The molecule has 4 rings (SSSR count). The lowest BCUT2D eigenvalue weighted by Crippen LogP contribution is -2.08. The van der Waals surface area contributed by atoms with Crippen LogP contribution >= 0.6 is 27.5 Å². The summed E-state index contributed by atoms with van der Waals surface area (Å²) in [4.78, 5) is 25.1. The molecule has 0 fully saturated rings. The summed E-state index contributed by atoms with van der Waals surface area (Å²) >= 11 is 9.31. The lowest BCUT2D eigenvalue weighted by molar-refractivity contribution is 0.0734. The maximum atomic E-state index is 12.8. The van der Waals surface area contributed by atoms with E-state index in [1.807, 2.05) is 24.3 Å². The summed E-state index contributed by atoms with van der Waals surface area (Å²) in [6.45, 7) is 1.78. The largest absolute Gasteiger partial charge is 0.452 e. The topological polar surface area (TPSA) is 52.6 Å². The second kappa shape index (κ2) is 7.85. The molecular formula is C23H14BrClO4. The minimum atomic E-state index is -0.540. The number of aryl methyl sites for hydroxylation is 1. The predicted molar refractivity (Wildman–Crippen MR) is 115 cm³/mol. The second-order valence-electron chi connectivity index (χ2n) is 6.50. The molecule has 0 aromatic heterocycles. The smallest absolute Gasteiger partial charge is 0.343 e. The van der Waals surface area contributed by atoms with E-state index in [0.29, 0.717) is 33.2 Å². The zero-order valence-corrected chi connectivity index (χ0v) is 17.6. The monoisotopic (exact) mass is 468 g/mol. The van der Waals surface area contributed by atoms with E-state index in [2.05, 4.69) is 15.9 Å². The second-order valence-corrected chi connectivity index (χ2v) is 7.86. The molecule has 0 saturated carbocycles. The standard InChI is InChI=1S/C23H14BrClO4/c1-13-9-18(28-23(27)15-3-2-4-17(25)11-15)12-19-21(13)22(26)20(29-19)10-14-5-7-16(24)8-6-14/h2-12H,1H3/b20-10-. The van der Waals surface area contributed by atoms with E-state index < -0.39 is 5.97 Å².